The predicted octanol–water partition coefficient (Wildman–Crippen LogP) is 4.62. The van der Waals surface area contributed by atoms with Crippen molar-refractivity contribution in [2.24, 2.45) is 0 Å². The highest BCUT2D eigenvalue weighted by Crippen LogP contribution is 2.28. The predicted molar refractivity (Wildman–Crippen MR) is 124 cm³/mol. The summed E-state index contributed by atoms with van der Waals surface area (Å²) in [6.45, 7) is 0.0156. The minimum atomic E-state index is -5.03. The van der Waals surface area contributed by atoms with E-state index in [-0.39, 0.29) is 17.9 Å². The number of alkyl halides is 3. The van der Waals surface area contributed by atoms with E-state index in [0.717, 1.165) is 29.3 Å². The molecule has 3 aromatic heterocycles. The minimum Gasteiger partial charge on any atom is -0.405 e. The molecule has 2 amide bonds. The van der Waals surface area contributed by atoms with E-state index in [4.69, 9.17) is 0 Å². The number of carbonyl (C=O) groups is 2. The fourth-order valence-electron chi connectivity index (χ4n) is 3.20. The number of pyridine rings is 3. The highest BCUT2D eigenvalue weighted by molar-refractivity contribution is 6.06. The Morgan fingerprint density at radius 1 is 0.861 bits per heavy atom. The number of hydrogen-bond acceptors (Lipinski definition) is 6. The molecule has 0 saturated heterocycles. The molecule has 4 rings (SSSR count). The molecule has 0 aliphatic rings. The SMILES string of the molecule is O=C(Nc1ccc(-c2cccnc2)cn1)c1ccc(OC(F)(F)F)c(C(=O)NCc2cccnc2)c1. The second kappa shape index (κ2) is 10.6. The van der Waals surface area contributed by atoms with Gasteiger partial charge in [0.25, 0.3) is 11.8 Å². The van der Waals surface area contributed by atoms with Crippen LogP contribution in [0.5, 0.6) is 5.75 Å². The molecule has 0 saturated carbocycles. The summed E-state index contributed by atoms with van der Waals surface area (Å²) in [6, 6.07) is 13.4. The Balaban J connectivity index is 1.52. The van der Waals surface area contributed by atoms with Gasteiger partial charge < -0.3 is 15.4 Å². The van der Waals surface area contributed by atoms with Crippen molar-refractivity contribution in [3.05, 3.63) is 102 Å². The van der Waals surface area contributed by atoms with E-state index in [9.17, 15) is 22.8 Å². The average Bonchev–Trinajstić information content (AvgIpc) is 2.88. The molecule has 0 aliphatic heterocycles. The summed E-state index contributed by atoms with van der Waals surface area (Å²) < 4.78 is 42.6. The van der Waals surface area contributed by atoms with Crippen LogP contribution in [0.3, 0.4) is 0 Å². The molecule has 4 aromatic rings. The normalized spacial score (nSPS) is 11.0. The van der Waals surface area contributed by atoms with E-state index < -0.39 is 29.5 Å². The van der Waals surface area contributed by atoms with Crippen molar-refractivity contribution < 1.29 is 27.5 Å². The first kappa shape index (κ1) is 24.3. The summed E-state index contributed by atoms with van der Waals surface area (Å²) in [6.07, 6.45) is 2.88. The van der Waals surface area contributed by atoms with E-state index in [2.05, 4.69) is 30.3 Å². The van der Waals surface area contributed by atoms with Gasteiger partial charge in [-0.05, 0) is 48.0 Å². The zero-order valence-corrected chi connectivity index (χ0v) is 18.5. The first-order valence-electron chi connectivity index (χ1n) is 10.5. The van der Waals surface area contributed by atoms with Gasteiger partial charge in [-0.15, -0.1) is 13.2 Å². The maximum Gasteiger partial charge on any atom is 0.573 e. The number of amides is 2. The van der Waals surface area contributed by atoms with Gasteiger partial charge in [0, 0.05) is 54.2 Å². The Kier molecular flexibility index (Phi) is 7.19. The molecule has 0 radical (unpaired) electrons. The third kappa shape index (κ3) is 6.41. The smallest absolute Gasteiger partial charge is 0.405 e. The molecule has 2 N–H and O–H groups in total. The number of nitrogens with zero attached hydrogens (tertiary/aromatic N) is 3. The van der Waals surface area contributed by atoms with Crippen molar-refractivity contribution in [1.29, 1.82) is 0 Å². The zero-order valence-electron chi connectivity index (χ0n) is 18.5. The van der Waals surface area contributed by atoms with Crippen LogP contribution in [0.15, 0.2) is 85.6 Å². The van der Waals surface area contributed by atoms with E-state index >= 15 is 0 Å². The van der Waals surface area contributed by atoms with Gasteiger partial charge in [-0.3, -0.25) is 19.6 Å². The van der Waals surface area contributed by atoms with Crippen molar-refractivity contribution in [1.82, 2.24) is 20.3 Å². The molecule has 11 heteroatoms. The van der Waals surface area contributed by atoms with Crippen molar-refractivity contribution in [3.63, 3.8) is 0 Å². The molecule has 0 unspecified atom stereocenters. The molecular weight excluding hydrogens is 475 g/mol. The Hall–Kier alpha value is -4.80. The number of rotatable bonds is 7. The largest absolute Gasteiger partial charge is 0.573 e. The summed E-state index contributed by atoms with van der Waals surface area (Å²) in [5, 5.41) is 5.06. The Bertz CT molecular complexity index is 1350. The zero-order chi connectivity index (χ0) is 25.5. The summed E-state index contributed by atoms with van der Waals surface area (Å²) in [5.41, 5.74) is 1.74. The van der Waals surface area contributed by atoms with E-state index in [0.29, 0.717) is 5.56 Å². The Morgan fingerprint density at radius 3 is 2.25 bits per heavy atom. The molecule has 0 bridgehead atoms. The molecule has 0 atom stereocenters. The summed E-state index contributed by atoms with van der Waals surface area (Å²) in [5.74, 6) is -2.05. The third-order valence-corrected chi connectivity index (χ3v) is 4.89. The highest BCUT2D eigenvalue weighted by Gasteiger charge is 2.33. The number of halogens is 3. The number of anilines is 1. The second-order valence-corrected chi connectivity index (χ2v) is 7.43. The minimum absolute atomic E-state index is 0.0156. The second-order valence-electron chi connectivity index (χ2n) is 7.43. The van der Waals surface area contributed by atoms with Crippen LogP contribution in [0.25, 0.3) is 11.1 Å². The fraction of sp³-hybridized carbons (Fsp3) is 0.0800. The lowest BCUT2D eigenvalue weighted by Gasteiger charge is -2.15. The average molecular weight is 493 g/mol. The van der Waals surface area contributed by atoms with Gasteiger partial charge in [-0.1, -0.05) is 12.1 Å². The maximum atomic E-state index is 12.9. The molecule has 36 heavy (non-hydrogen) atoms. The highest BCUT2D eigenvalue weighted by atomic mass is 19.4. The lowest BCUT2D eigenvalue weighted by atomic mass is 10.1. The van der Waals surface area contributed by atoms with E-state index in [1.165, 1.54) is 6.20 Å². The number of carbonyl (C=O) groups excluding carboxylic acids is 2. The maximum absolute atomic E-state index is 12.9. The molecule has 182 valence electrons. The van der Waals surface area contributed by atoms with E-state index in [1.54, 1.807) is 55.1 Å². The summed E-state index contributed by atoms with van der Waals surface area (Å²) >= 11 is 0. The van der Waals surface area contributed by atoms with Gasteiger partial charge in [0.15, 0.2) is 0 Å². The van der Waals surface area contributed by atoms with Crippen LogP contribution in [-0.2, 0) is 6.54 Å². The number of benzene rings is 1. The number of hydrogen-bond donors (Lipinski definition) is 2. The van der Waals surface area contributed by atoms with Crippen molar-refractivity contribution in [2.45, 2.75) is 12.9 Å². The van der Waals surface area contributed by atoms with Gasteiger partial charge in [-0.2, -0.15) is 0 Å². The molecule has 3 heterocycles. The van der Waals surface area contributed by atoms with Crippen LogP contribution in [0.1, 0.15) is 26.3 Å². The van der Waals surface area contributed by atoms with Crippen molar-refractivity contribution in [3.8, 4) is 16.9 Å². The number of ether oxygens (including phenoxy) is 1. The van der Waals surface area contributed by atoms with Gasteiger partial charge in [0.1, 0.15) is 11.6 Å². The first-order valence-corrected chi connectivity index (χ1v) is 10.5. The van der Waals surface area contributed by atoms with Crippen molar-refractivity contribution >= 4 is 17.6 Å². The van der Waals surface area contributed by atoms with Gasteiger partial charge in [0.2, 0.25) is 0 Å². The molecule has 8 nitrogen and oxygen atoms in total. The van der Waals surface area contributed by atoms with Gasteiger partial charge >= 0.3 is 6.36 Å². The quantitative estimate of drug-likeness (QED) is 0.389. The lowest BCUT2D eigenvalue weighted by molar-refractivity contribution is -0.274. The van der Waals surface area contributed by atoms with Gasteiger partial charge in [0.05, 0.1) is 5.56 Å². The molecule has 0 spiro atoms. The number of aromatic nitrogens is 3. The van der Waals surface area contributed by atoms with E-state index in [1.807, 2.05) is 6.07 Å². The Labute approximate surface area is 203 Å². The van der Waals surface area contributed by atoms with Crippen LogP contribution >= 0.6 is 0 Å². The third-order valence-electron chi connectivity index (χ3n) is 4.89. The molecule has 0 fully saturated rings. The summed E-state index contributed by atoms with van der Waals surface area (Å²) in [7, 11) is 0. The Morgan fingerprint density at radius 2 is 1.61 bits per heavy atom. The van der Waals surface area contributed by atoms with Crippen LogP contribution in [0, 0.1) is 0 Å². The monoisotopic (exact) mass is 493 g/mol. The van der Waals surface area contributed by atoms with Crippen LogP contribution < -0.4 is 15.4 Å². The number of nitrogens with one attached hydrogen (secondary N) is 2. The van der Waals surface area contributed by atoms with Crippen LogP contribution in [-0.4, -0.2) is 33.1 Å². The first-order chi connectivity index (χ1) is 17.3. The van der Waals surface area contributed by atoms with Crippen LogP contribution in [0.4, 0.5) is 19.0 Å². The molecular formula is C25H18F3N5O3. The summed E-state index contributed by atoms with van der Waals surface area (Å²) in [4.78, 5) is 37.6. The molecule has 0 aliphatic carbocycles. The molecule has 1 aromatic carbocycles. The topological polar surface area (TPSA) is 106 Å². The van der Waals surface area contributed by atoms with Crippen molar-refractivity contribution in [2.75, 3.05) is 5.32 Å². The fourth-order valence-corrected chi connectivity index (χ4v) is 3.20. The van der Waals surface area contributed by atoms with Gasteiger partial charge in [-0.25, -0.2) is 4.98 Å². The standard InChI is InChI=1S/C25H18F3N5O3/c26-25(27,28)36-21-7-5-17(11-20(21)24(35)32-13-16-3-1-9-29-12-16)23(34)33-22-8-6-19(15-31-22)18-4-2-10-30-14-18/h1-12,14-15H,13H2,(H,32,35)(H,31,33,34). The van der Waals surface area contributed by atoms with Crippen LogP contribution in [0.2, 0.25) is 0 Å². The lowest BCUT2D eigenvalue weighted by Crippen LogP contribution is -2.26.